The molecular weight excluding hydrogens is 654 g/mol. The molecule has 1 amide bonds. The van der Waals surface area contributed by atoms with E-state index in [-0.39, 0.29) is 12.2 Å². The summed E-state index contributed by atoms with van der Waals surface area (Å²) in [5.41, 5.74) is 1.03. The number of rotatable bonds is 6. The number of ether oxygens (including phenoxy) is 1. The van der Waals surface area contributed by atoms with E-state index in [1.54, 1.807) is 30.5 Å². The number of nitrogens with zero attached hydrogens (tertiary/aromatic N) is 3. The topological polar surface area (TPSA) is 85.6 Å². The predicted octanol–water partition coefficient (Wildman–Crippen LogP) is 6.10. The molecule has 0 bridgehead atoms. The molecule has 0 aliphatic heterocycles. The van der Waals surface area contributed by atoms with Crippen LogP contribution in [-0.4, -0.2) is 28.4 Å². The van der Waals surface area contributed by atoms with Crippen molar-refractivity contribution in [2.45, 2.75) is 26.2 Å². The van der Waals surface area contributed by atoms with E-state index in [1.165, 1.54) is 22.9 Å². The Morgan fingerprint density at radius 2 is 1.97 bits per heavy atom. The van der Waals surface area contributed by atoms with Crippen molar-refractivity contribution >= 4 is 67.2 Å². The van der Waals surface area contributed by atoms with Crippen molar-refractivity contribution in [3.05, 3.63) is 96.3 Å². The minimum absolute atomic E-state index is 0.234. The van der Waals surface area contributed by atoms with Gasteiger partial charge in [-0.15, -0.1) is 0 Å². The van der Waals surface area contributed by atoms with Gasteiger partial charge in [-0.25, -0.2) is 9.37 Å². The highest BCUT2D eigenvalue weighted by Gasteiger charge is 2.23. The lowest BCUT2D eigenvalue weighted by atomic mass is 9.95. The quantitative estimate of drug-likeness (QED) is 0.198. The molecule has 1 N–H and O–H groups in total. The average Bonchev–Trinajstić information content (AvgIpc) is 2.82. The van der Waals surface area contributed by atoms with Crippen LogP contribution < -0.4 is 15.6 Å². The molecule has 1 heterocycles. The van der Waals surface area contributed by atoms with Gasteiger partial charge in [0.2, 0.25) is 0 Å². The first-order chi connectivity index (χ1) is 17.5. The van der Waals surface area contributed by atoms with Gasteiger partial charge in [-0.3, -0.25) is 9.59 Å². The molecule has 0 saturated carbocycles. The van der Waals surface area contributed by atoms with Crippen molar-refractivity contribution in [2.75, 3.05) is 11.9 Å². The second-order valence-corrected chi connectivity index (χ2v) is 11.3. The number of hydrogen-bond acceptors (Lipinski definition) is 5. The molecule has 4 aromatic rings. The number of halogens is 3. The van der Waals surface area contributed by atoms with Crippen molar-refractivity contribution in [2.24, 2.45) is 5.10 Å². The molecule has 0 atom stereocenters. The molecule has 7 nitrogen and oxygen atoms in total. The Hall–Kier alpha value is -3.12. The van der Waals surface area contributed by atoms with Crippen molar-refractivity contribution in [3.8, 4) is 5.75 Å². The highest BCUT2D eigenvalue weighted by molar-refractivity contribution is 14.1. The summed E-state index contributed by atoms with van der Waals surface area (Å²) in [6, 6.07) is 16.4. The number of benzene rings is 3. The highest BCUT2D eigenvalue weighted by atomic mass is 127. The van der Waals surface area contributed by atoms with Crippen molar-refractivity contribution in [1.82, 2.24) is 9.66 Å². The van der Waals surface area contributed by atoms with Crippen LogP contribution in [0.25, 0.3) is 10.9 Å². The first kappa shape index (κ1) is 26.9. The van der Waals surface area contributed by atoms with Crippen LogP contribution in [0, 0.1) is 9.39 Å². The molecule has 0 spiro atoms. The Bertz CT molecular complexity index is 1580. The zero-order chi connectivity index (χ0) is 26.7. The Labute approximate surface area is 235 Å². The van der Waals surface area contributed by atoms with Gasteiger partial charge in [0.25, 0.3) is 11.5 Å². The summed E-state index contributed by atoms with van der Waals surface area (Å²) < 4.78 is 21.8. The van der Waals surface area contributed by atoms with E-state index in [0.717, 1.165) is 13.6 Å². The normalized spacial score (nSPS) is 11.7. The van der Waals surface area contributed by atoms with E-state index in [9.17, 15) is 14.0 Å². The number of aromatic nitrogens is 2. The first-order valence-corrected chi connectivity index (χ1v) is 13.1. The van der Waals surface area contributed by atoms with E-state index >= 15 is 0 Å². The Kier molecular flexibility index (Phi) is 8.08. The van der Waals surface area contributed by atoms with E-state index in [2.05, 4.69) is 48.9 Å². The number of fused-ring (bicyclic) bond motifs is 1. The molecular formula is C27H23BrFIN4O3. The second kappa shape index (κ2) is 11.1. The molecule has 1 aromatic heterocycles. The maximum atomic E-state index is 13.3. The summed E-state index contributed by atoms with van der Waals surface area (Å²) in [5.74, 6) is 0.214. The van der Waals surface area contributed by atoms with Crippen LogP contribution in [0.1, 0.15) is 32.2 Å². The average molecular weight is 677 g/mol. The number of nitrogens with one attached hydrogen (secondary N) is 1. The fourth-order valence-corrected chi connectivity index (χ4v) is 4.54. The molecule has 0 fully saturated rings. The fourth-order valence-electron chi connectivity index (χ4n) is 3.49. The highest BCUT2D eigenvalue weighted by Crippen LogP contribution is 2.24. The van der Waals surface area contributed by atoms with Crippen LogP contribution in [-0.2, 0) is 10.2 Å². The number of hydrogen-bond donors (Lipinski definition) is 1. The molecule has 0 saturated heterocycles. The van der Waals surface area contributed by atoms with Gasteiger partial charge in [0.05, 0.1) is 20.7 Å². The minimum atomic E-state index is -0.435. The largest absolute Gasteiger partial charge is 0.483 e. The number of carbonyl (C=O) groups excluding carboxylic acids is 1. The molecule has 0 aliphatic carbocycles. The molecule has 3 aromatic carbocycles. The zero-order valence-corrected chi connectivity index (χ0v) is 24.0. The summed E-state index contributed by atoms with van der Waals surface area (Å²) in [6.45, 7) is 5.70. The zero-order valence-electron chi connectivity index (χ0n) is 20.3. The van der Waals surface area contributed by atoms with Gasteiger partial charge in [0.15, 0.2) is 6.61 Å². The van der Waals surface area contributed by atoms with E-state index in [1.807, 2.05) is 39.0 Å². The third kappa shape index (κ3) is 6.61. The van der Waals surface area contributed by atoms with Crippen LogP contribution in [0.2, 0.25) is 0 Å². The number of amides is 1. The molecule has 37 heavy (non-hydrogen) atoms. The molecule has 10 heteroatoms. The van der Waals surface area contributed by atoms with E-state index in [4.69, 9.17) is 9.72 Å². The molecule has 190 valence electrons. The van der Waals surface area contributed by atoms with Crippen LogP contribution in [0.15, 0.2) is 75.0 Å². The Morgan fingerprint density at radius 1 is 1.19 bits per heavy atom. The molecule has 0 radical (unpaired) electrons. The number of anilines is 1. The summed E-state index contributed by atoms with van der Waals surface area (Å²) in [6.07, 6.45) is 1.59. The van der Waals surface area contributed by atoms with Crippen LogP contribution in [0.5, 0.6) is 5.75 Å². The smallest absolute Gasteiger partial charge is 0.282 e. The third-order valence-electron chi connectivity index (χ3n) is 5.22. The summed E-state index contributed by atoms with van der Waals surface area (Å²) in [4.78, 5) is 30.2. The minimum Gasteiger partial charge on any atom is -0.483 e. The predicted molar refractivity (Wildman–Crippen MR) is 155 cm³/mol. The van der Waals surface area contributed by atoms with Gasteiger partial charge in [-0.05, 0) is 82.8 Å². The fraction of sp³-hybridized carbons (Fsp3) is 0.185. The second-order valence-electron chi connectivity index (χ2n) is 9.25. The Morgan fingerprint density at radius 3 is 2.68 bits per heavy atom. The SMILES string of the molecule is CC(C)(C)c1nc2ccc(Br)cc2c(=O)n1N=Cc1ccc(OCC(=O)Nc2cccc(F)c2)c(I)c1. The third-order valence-corrected chi connectivity index (χ3v) is 6.56. The lowest BCUT2D eigenvalue weighted by Crippen LogP contribution is -2.29. The van der Waals surface area contributed by atoms with Crippen LogP contribution >= 0.6 is 38.5 Å². The van der Waals surface area contributed by atoms with Gasteiger partial charge < -0.3 is 10.1 Å². The lowest BCUT2D eigenvalue weighted by molar-refractivity contribution is -0.118. The maximum absolute atomic E-state index is 13.3. The van der Waals surface area contributed by atoms with Gasteiger partial charge >= 0.3 is 0 Å². The van der Waals surface area contributed by atoms with Crippen LogP contribution in [0.4, 0.5) is 10.1 Å². The number of carbonyl (C=O) groups is 1. The van der Waals surface area contributed by atoms with E-state index < -0.39 is 17.1 Å². The van der Waals surface area contributed by atoms with Gasteiger partial charge in [0, 0.05) is 15.6 Å². The lowest BCUT2D eigenvalue weighted by Gasteiger charge is -2.20. The molecule has 0 aliphatic rings. The summed E-state index contributed by atoms with van der Waals surface area (Å²) >= 11 is 5.52. The van der Waals surface area contributed by atoms with Gasteiger partial charge in [0.1, 0.15) is 17.4 Å². The first-order valence-electron chi connectivity index (χ1n) is 11.3. The van der Waals surface area contributed by atoms with Crippen molar-refractivity contribution in [3.63, 3.8) is 0 Å². The van der Waals surface area contributed by atoms with Crippen molar-refractivity contribution < 1.29 is 13.9 Å². The summed E-state index contributed by atoms with van der Waals surface area (Å²) in [5, 5.41) is 7.54. The summed E-state index contributed by atoms with van der Waals surface area (Å²) in [7, 11) is 0. The molecule has 4 rings (SSSR count). The monoisotopic (exact) mass is 676 g/mol. The van der Waals surface area contributed by atoms with Crippen LogP contribution in [0.3, 0.4) is 0 Å². The van der Waals surface area contributed by atoms with Gasteiger partial charge in [-0.2, -0.15) is 9.78 Å². The van der Waals surface area contributed by atoms with Crippen molar-refractivity contribution in [1.29, 1.82) is 0 Å². The molecule has 0 unspecified atom stereocenters. The standard InChI is InChI=1S/C27H23BrFIN4O3/c1-27(2,3)26-33-22-9-8-17(28)12-20(22)25(36)34(26)31-14-16-7-10-23(21(30)11-16)37-15-24(35)32-19-6-4-5-18(29)13-19/h4-14H,15H2,1-3H3,(H,32,35). The Balaban J connectivity index is 1.54. The van der Waals surface area contributed by atoms with E-state index in [0.29, 0.717) is 28.2 Å². The maximum Gasteiger partial charge on any atom is 0.282 e. The van der Waals surface area contributed by atoms with Gasteiger partial charge in [-0.1, -0.05) is 42.8 Å².